The Morgan fingerprint density at radius 2 is 1.03 bits per heavy atom. The lowest BCUT2D eigenvalue weighted by molar-refractivity contribution is -0.140. The van der Waals surface area contributed by atoms with Crippen LogP contribution in [0.2, 0.25) is 0 Å². The molecule has 0 saturated carbocycles. The molecule has 0 fully saturated rings. The molecule has 0 aliphatic carbocycles. The van der Waals surface area contributed by atoms with Crippen LogP contribution in [0.15, 0.2) is 109 Å². The van der Waals surface area contributed by atoms with Gasteiger partial charge in [0.15, 0.2) is 0 Å². The Labute approximate surface area is 347 Å². The highest BCUT2D eigenvalue weighted by Gasteiger charge is 2.15. The smallest absolute Gasteiger partial charge is 0.336 e. The van der Waals surface area contributed by atoms with Crippen molar-refractivity contribution in [1.29, 1.82) is 0 Å². The van der Waals surface area contributed by atoms with Crippen LogP contribution in [0.4, 0.5) is 0 Å². The molecule has 0 saturated heterocycles. The molecule has 6 aromatic rings. The van der Waals surface area contributed by atoms with E-state index in [0.29, 0.717) is 50.1 Å². The zero-order chi connectivity index (χ0) is 41.2. The average molecular weight is 808 g/mol. The Kier molecular flexibility index (Phi) is 21.2. The van der Waals surface area contributed by atoms with Crippen molar-refractivity contribution >= 4 is 66.8 Å². The Bertz CT molecular complexity index is 2170. The van der Waals surface area contributed by atoms with Crippen LogP contribution in [-0.2, 0) is 14.3 Å². The number of likely N-dealkylation sites (N-methyl/N-ethyl adjacent to an activating group) is 2. The lowest BCUT2D eigenvalue weighted by Gasteiger charge is -2.17. The van der Waals surface area contributed by atoms with Crippen LogP contribution in [0.1, 0.15) is 61.3 Å². The molecule has 0 atom stereocenters. The predicted molar refractivity (Wildman–Crippen MR) is 240 cm³/mol. The van der Waals surface area contributed by atoms with E-state index < -0.39 is 5.97 Å². The molecule has 0 aromatic heterocycles. The van der Waals surface area contributed by atoms with E-state index in [1.165, 1.54) is 7.11 Å². The third-order valence-electron chi connectivity index (χ3n) is 9.49. The van der Waals surface area contributed by atoms with E-state index in [4.69, 9.17) is 10.9 Å². The highest BCUT2D eigenvalue weighted by molar-refractivity contribution is 6.18. The number of benzene rings is 6. The molecule has 12 nitrogen and oxygen atoms in total. The lowest BCUT2D eigenvalue weighted by atomic mass is 9.96. The van der Waals surface area contributed by atoms with E-state index in [9.17, 15) is 24.3 Å². The number of carbonyl (C=O) groups is 4. The fourth-order valence-electron chi connectivity index (χ4n) is 6.56. The number of rotatable bonds is 15. The Morgan fingerprint density at radius 1 is 0.627 bits per heavy atom. The maximum atomic E-state index is 13.0. The van der Waals surface area contributed by atoms with Gasteiger partial charge < -0.3 is 30.7 Å². The lowest BCUT2D eigenvalue weighted by Crippen LogP contribution is -2.34. The summed E-state index contributed by atoms with van der Waals surface area (Å²) < 4.78 is 4.51. The molecular weight excluding hydrogens is 747 g/mol. The number of nitrogens with zero attached hydrogens (tertiary/aromatic N) is 2. The number of methoxy groups -OCH3 is 1. The molecule has 59 heavy (non-hydrogen) atoms. The second kappa shape index (κ2) is 25.4. The Balaban J connectivity index is 0.000000331. The number of hydroxylamine groups is 1. The Hall–Kier alpha value is -5.92. The number of fused-ring (bicyclic) bond motifs is 4. The first-order chi connectivity index (χ1) is 27.6. The van der Waals surface area contributed by atoms with Crippen molar-refractivity contribution in [2.24, 2.45) is 5.73 Å². The van der Waals surface area contributed by atoms with Crippen LogP contribution in [0.5, 0.6) is 0 Å². The molecule has 2 amide bonds. The number of ether oxygens (including phenoxy) is 1. The molecule has 12 heteroatoms. The molecule has 0 radical (unpaired) electrons. The van der Waals surface area contributed by atoms with Gasteiger partial charge in [0, 0.05) is 39.0 Å². The molecule has 6 rings (SSSR count). The molecule has 0 heterocycles. The zero-order valence-corrected chi connectivity index (χ0v) is 32.9. The summed E-state index contributed by atoms with van der Waals surface area (Å²) in [7, 11) is 5.34. The molecule has 0 unspecified atom stereocenters. The zero-order valence-electron chi connectivity index (χ0n) is 32.9. The summed E-state index contributed by atoms with van der Waals surface area (Å²) in [6.45, 7) is 4.33. The van der Waals surface area contributed by atoms with E-state index in [-0.39, 0.29) is 39.1 Å². The number of amides is 2. The minimum absolute atomic E-state index is 0. The Morgan fingerprint density at radius 3 is 1.44 bits per heavy atom. The van der Waals surface area contributed by atoms with Gasteiger partial charge >= 0.3 is 11.9 Å². The van der Waals surface area contributed by atoms with E-state index in [1.54, 1.807) is 5.48 Å². The molecule has 0 spiro atoms. The maximum absolute atomic E-state index is 13.0. The number of carboxylic acid groups (broad SMARTS) is 1. The fourth-order valence-corrected chi connectivity index (χ4v) is 6.56. The van der Waals surface area contributed by atoms with Crippen molar-refractivity contribution in [2.75, 3.05) is 60.5 Å². The third-order valence-corrected chi connectivity index (χ3v) is 9.49. The van der Waals surface area contributed by atoms with Crippen molar-refractivity contribution in [3.63, 3.8) is 0 Å². The monoisotopic (exact) mass is 807 g/mol. The molecular formula is C47H61N5O7. The van der Waals surface area contributed by atoms with Gasteiger partial charge in [-0.3, -0.25) is 19.6 Å². The summed E-state index contributed by atoms with van der Waals surface area (Å²) in [5, 5.41) is 28.4. The summed E-state index contributed by atoms with van der Waals surface area (Å²) >= 11 is 0. The number of hydrogen-bond acceptors (Lipinski definition) is 9. The van der Waals surface area contributed by atoms with E-state index in [0.717, 1.165) is 62.6 Å². The van der Waals surface area contributed by atoms with Gasteiger partial charge in [0.1, 0.15) is 0 Å². The minimum atomic E-state index is -0.877. The standard InChI is InChI=1S/C22H25N3O3.C15H10O2.C8H18N2O2.2CH4/c1-25(13-6-11-20(26)24-28)14-12-23-22(27)21-18-9-4-2-7-16(18)15-17-8-3-5-10-19(17)21;16-15(17)14-12-7-3-1-5-10(12)9-11-6-2-4-8-13(11)14;1-10(7-5-9)6-3-4-8(11)12-2;;/h2-5,7-10,15,28H,6,11-14H2,1H3,(H,23,27)(H,24,26);1-9H,(H,16,17);3-7,9H2,1-2H3;2*1H4. The van der Waals surface area contributed by atoms with E-state index in [2.05, 4.69) is 21.0 Å². The topological polar surface area (TPSA) is 175 Å². The summed E-state index contributed by atoms with van der Waals surface area (Å²) in [5.74, 6) is -1.49. The normalized spacial score (nSPS) is 10.5. The summed E-state index contributed by atoms with van der Waals surface area (Å²) in [6.07, 6.45) is 2.24. The largest absolute Gasteiger partial charge is 0.478 e. The second-order valence-corrected chi connectivity index (χ2v) is 13.7. The van der Waals surface area contributed by atoms with Gasteiger partial charge in [-0.1, -0.05) is 112 Å². The van der Waals surface area contributed by atoms with Gasteiger partial charge in [-0.05, 0) is 95.2 Å². The SMILES string of the molecule is C.C.CN(CCCC(=O)NO)CCNC(=O)c1c2ccccc2cc2ccccc12.COC(=O)CCCN(C)CCN.O=C(O)c1c2ccccc2cc2ccccc12. The van der Waals surface area contributed by atoms with Crippen LogP contribution in [-0.4, -0.2) is 104 Å². The van der Waals surface area contributed by atoms with Crippen LogP contribution in [0, 0.1) is 0 Å². The van der Waals surface area contributed by atoms with Gasteiger partial charge in [-0.2, -0.15) is 0 Å². The van der Waals surface area contributed by atoms with Crippen LogP contribution >= 0.6 is 0 Å². The quantitative estimate of drug-likeness (QED) is 0.0299. The number of esters is 1. The fraction of sp³-hybridized carbons (Fsp3) is 0.319. The minimum Gasteiger partial charge on any atom is -0.478 e. The van der Waals surface area contributed by atoms with E-state index in [1.807, 2.05) is 122 Å². The first-order valence-electron chi connectivity index (χ1n) is 19.0. The van der Waals surface area contributed by atoms with Gasteiger partial charge in [0.25, 0.3) is 5.91 Å². The number of nitrogens with one attached hydrogen (secondary N) is 2. The van der Waals surface area contributed by atoms with E-state index >= 15 is 0 Å². The summed E-state index contributed by atoms with van der Waals surface area (Å²) in [6, 6.07) is 35.1. The molecule has 0 bridgehead atoms. The molecule has 0 aliphatic rings. The van der Waals surface area contributed by atoms with Crippen LogP contribution < -0.4 is 16.5 Å². The summed E-state index contributed by atoms with van der Waals surface area (Å²) in [4.78, 5) is 50.3. The molecule has 0 aliphatic heterocycles. The van der Waals surface area contributed by atoms with Gasteiger partial charge in [-0.25, -0.2) is 10.3 Å². The van der Waals surface area contributed by atoms with Crippen LogP contribution in [0.3, 0.4) is 0 Å². The van der Waals surface area contributed by atoms with Gasteiger partial charge in [0.2, 0.25) is 5.91 Å². The average Bonchev–Trinajstić information content (AvgIpc) is 3.22. The van der Waals surface area contributed by atoms with Crippen molar-refractivity contribution < 1.29 is 34.2 Å². The second-order valence-electron chi connectivity index (χ2n) is 13.7. The summed E-state index contributed by atoms with van der Waals surface area (Å²) in [5.41, 5.74) is 8.08. The van der Waals surface area contributed by atoms with Crippen molar-refractivity contribution in [3.8, 4) is 0 Å². The third kappa shape index (κ3) is 14.4. The van der Waals surface area contributed by atoms with Gasteiger partial charge in [-0.15, -0.1) is 0 Å². The number of carbonyl (C=O) groups excluding carboxylic acids is 3. The maximum Gasteiger partial charge on any atom is 0.336 e. The van der Waals surface area contributed by atoms with Crippen molar-refractivity contribution in [3.05, 3.63) is 120 Å². The molecule has 6 aromatic carbocycles. The number of hydrogen-bond donors (Lipinski definition) is 5. The number of nitrogens with two attached hydrogens (primary N) is 1. The van der Waals surface area contributed by atoms with Crippen LogP contribution in [0.25, 0.3) is 43.1 Å². The molecule has 6 N–H and O–H groups in total. The van der Waals surface area contributed by atoms with Crippen molar-refractivity contribution in [2.45, 2.75) is 40.5 Å². The first kappa shape index (κ1) is 49.2. The number of carboxylic acids is 1. The highest BCUT2D eigenvalue weighted by atomic mass is 16.5. The number of aromatic carboxylic acids is 1. The van der Waals surface area contributed by atoms with Crippen molar-refractivity contribution in [1.82, 2.24) is 20.6 Å². The first-order valence-corrected chi connectivity index (χ1v) is 19.0. The highest BCUT2D eigenvalue weighted by Crippen LogP contribution is 2.29. The van der Waals surface area contributed by atoms with Gasteiger partial charge in [0.05, 0.1) is 18.2 Å². The molecule has 316 valence electrons. The predicted octanol–water partition coefficient (Wildman–Crippen LogP) is 7.73.